The summed E-state index contributed by atoms with van der Waals surface area (Å²) in [4.78, 5) is 15.8. The molecule has 0 fully saturated rings. The van der Waals surface area contributed by atoms with Gasteiger partial charge in [0.2, 0.25) is 0 Å². The lowest BCUT2D eigenvalue weighted by molar-refractivity contribution is -0.118. The second-order valence-electron chi connectivity index (χ2n) is 4.05. The first-order chi connectivity index (χ1) is 9.67. The van der Waals surface area contributed by atoms with Gasteiger partial charge in [-0.15, -0.1) is 0 Å². The highest BCUT2D eigenvalue weighted by Crippen LogP contribution is 2.13. The molecule has 2 aromatic rings. The fourth-order valence-corrected chi connectivity index (χ4v) is 1.77. The molecule has 3 N–H and O–H groups in total. The molecule has 0 aliphatic heterocycles. The summed E-state index contributed by atoms with van der Waals surface area (Å²) in [7, 11) is 0. The molecule has 5 nitrogen and oxygen atoms in total. The van der Waals surface area contributed by atoms with Crippen LogP contribution in [0.5, 0.6) is 5.75 Å². The van der Waals surface area contributed by atoms with Crippen molar-refractivity contribution in [3.8, 4) is 5.75 Å². The molecule has 0 atom stereocenters. The van der Waals surface area contributed by atoms with Crippen molar-refractivity contribution in [2.45, 2.75) is 6.54 Å². The fourth-order valence-electron chi connectivity index (χ4n) is 1.54. The molecule has 1 heterocycles. The van der Waals surface area contributed by atoms with Crippen molar-refractivity contribution >= 4 is 27.7 Å². The molecule has 0 saturated carbocycles. The second kappa shape index (κ2) is 7.02. The number of rotatable bonds is 5. The van der Waals surface area contributed by atoms with Crippen LogP contribution in [0, 0.1) is 0 Å². The molecule has 0 unspecified atom stereocenters. The Kier molecular flexibility index (Phi) is 5.09. The number of pyridine rings is 1. The van der Waals surface area contributed by atoms with Gasteiger partial charge in [0, 0.05) is 17.2 Å². The summed E-state index contributed by atoms with van der Waals surface area (Å²) in [6.45, 7) is 0.359. The van der Waals surface area contributed by atoms with E-state index in [9.17, 15) is 4.79 Å². The summed E-state index contributed by atoms with van der Waals surface area (Å²) < 4.78 is 6.25. The minimum atomic E-state index is -0.266. The van der Waals surface area contributed by atoms with E-state index in [0.29, 0.717) is 18.1 Å². The lowest BCUT2D eigenvalue weighted by Crippen LogP contribution is -2.20. The van der Waals surface area contributed by atoms with E-state index < -0.39 is 0 Å². The van der Waals surface area contributed by atoms with Crippen LogP contribution in [-0.4, -0.2) is 17.5 Å². The van der Waals surface area contributed by atoms with Crippen molar-refractivity contribution in [2.75, 3.05) is 11.9 Å². The average Bonchev–Trinajstić information content (AvgIpc) is 2.48. The Morgan fingerprint density at radius 1 is 1.35 bits per heavy atom. The minimum Gasteiger partial charge on any atom is -0.484 e. The number of benzene rings is 1. The normalized spacial score (nSPS) is 10.1. The summed E-state index contributed by atoms with van der Waals surface area (Å²) in [5, 5.41) is 2.65. The van der Waals surface area contributed by atoms with Crippen LogP contribution in [-0.2, 0) is 11.3 Å². The summed E-state index contributed by atoms with van der Waals surface area (Å²) in [5.74, 6) is 0.836. The Bertz CT molecular complexity index is 587. The quantitative estimate of drug-likeness (QED) is 0.878. The molecule has 0 aliphatic carbocycles. The minimum absolute atomic E-state index is 0.0776. The van der Waals surface area contributed by atoms with Crippen LogP contribution in [0.1, 0.15) is 5.56 Å². The first-order valence-corrected chi connectivity index (χ1v) is 6.80. The number of hydrogen-bond acceptors (Lipinski definition) is 4. The maximum absolute atomic E-state index is 11.7. The molecular weight excluding hydrogens is 322 g/mol. The van der Waals surface area contributed by atoms with E-state index in [1.54, 1.807) is 24.4 Å². The number of amides is 1. The van der Waals surface area contributed by atoms with Crippen LogP contribution < -0.4 is 15.8 Å². The van der Waals surface area contributed by atoms with Crippen LogP contribution >= 0.6 is 15.9 Å². The van der Waals surface area contributed by atoms with Gasteiger partial charge in [-0.3, -0.25) is 4.79 Å². The lowest BCUT2D eigenvalue weighted by atomic mass is 10.2. The predicted octanol–water partition coefficient (Wildman–Crippen LogP) is 2.32. The Labute approximate surface area is 125 Å². The fraction of sp³-hybridized carbons (Fsp3) is 0.143. The van der Waals surface area contributed by atoms with Crippen molar-refractivity contribution in [1.82, 2.24) is 4.98 Å². The van der Waals surface area contributed by atoms with Gasteiger partial charge < -0.3 is 15.8 Å². The third-order valence-corrected chi connectivity index (χ3v) is 2.97. The monoisotopic (exact) mass is 335 g/mol. The number of nitrogens with zero attached hydrogens (tertiary/aromatic N) is 1. The molecule has 1 amide bonds. The van der Waals surface area contributed by atoms with Gasteiger partial charge in [-0.1, -0.05) is 12.1 Å². The number of carbonyl (C=O) groups is 1. The van der Waals surface area contributed by atoms with E-state index in [1.807, 2.05) is 18.2 Å². The molecule has 0 saturated heterocycles. The molecule has 104 valence electrons. The largest absolute Gasteiger partial charge is 0.484 e. The van der Waals surface area contributed by atoms with Crippen LogP contribution in [0.25, 0.3) is 0 Å². The topological polar surface area (TPSA) is 77.2 Å². The maximum Gasteiger partial charge on any atom is 0.263 e. The van der Waals surface area contributed by atoms with Gasteiger partial charge in [0.1, 0.15) is 11.6 Å². The van der Waals surface area contributed by atoms with Crippen LogP contribution in [0.2, 0.25) is 0 Å². The molecule has 2 rings (SSSR count). The van der Waals surface area contributed by atoms with E-state index in [0.717, 1.165) is 10.0 Å². The van der Waals surface area contributed by atoms with Gasteiger partial charge in [0.15, 0.2) is 6.61 Å². The van der Waals surface area contributed by atoms with Crippen molar-refractivity contribution in [3.63, 3.8) is 0 Å². The smallest absolute Gasteiger partial charge is 0.263 e. The van der Waals surface area contributed by atoms with Crippen molar-refractivity contribution in [3.05, 3.63) is 52.6 Å². The van der Waals surface area contributed by atoms with E-state index >= 15 is 0 Å². The number of ether oxygens (including phenoxy) is 1. The highest BCUT2D eigenvalue weighted by Gasteiger charge is 2.05. The number of carbonyl (C=O) groups excluding carboxylic acids is 1. The molecule has 0 spiro atoms. The van der Waals surface area contributed by atoms with E-state index in [4.69, 9.17) is 10.5 Å². The van der Waals surface area contributed by atoms with Crippen LogP contribution in [0.3, 0.4) is 0 Å². The third kappa shape index (κ3) is 4.32. The summed E-state index contributed by atoms with van der Waals surface area (Å²) in [6, 6.07) is 10.8. The van der Waals surface area contributed by atoms with E-state index in [-0.39, 0.29) is 12.5 Å². The highest BCUT2D eigenvalue weighted by atomic mass is 79.9. The number of aromatic nitrogens is 1. The number of anilines is 1. The number of nitrogens with two attached hydrogens (primary N) is 1. The summed E-state index contributed by atoms with van der Waals surface area (Å²) >= 11 is 3.28. The molecule has 20 heavy (non-hydrogen) atoms. The van der Waals surface area contributed by atoms with Crippen LogP contribution in [0.15, 0.2) is 47.1 Å². The molecule has 0 bridgehead atoms. The Hall–Kier alpha value is -1.92. The first-order valence-electron chi connectivity index (χ1n) is 6.00. The molecule has 0 aliphatic rings. The summed E-state index contributed by atoms with van der Waals surface area (Å²) in [5.41, 5.74) is 6.50. The molecule has 1 aromatic carbocycles. The number of nitrogens with one attached hydrogen (secondary N) is 1. The molecular formula is C14H14BrN3O2. The van der Waals surface area contributed by atoms with Crippen LogP contribution in [0.4, 0.5) is 5.82 Å². The molecule has 6 heteroatoms. The van der Waals surface area contributed by atoms with Crippen molar-refractivity contribution in [2.24, 2.45) is 5.73 Å². The predicted molar refractivity (Wildman–Crippen MR) is 80.4 cm³/mol. The Morgan fingerprint density at radius 3 is 2.90 bits per heavy atom. The van der Waals surface area contributed by atoms with E-state index in [1.165, 1.54) is 0 Å². The Balaban J connectivity index is 1.87. The van der Waals surface area contributed by atoms with Gasteiger partial charge in [0.05, 0.1) is 0 Å². The third-order valence-electron chi connectivity index (χ3n) is 2.50. The zero-order valence-corrected chi connectivity index (χ0v) is 12.3. The van der Waals surface area contributed by atoms with Crippen molar-refractivity contribution in [1.29, 1.82) is 0 Å². The average molecular weight is 336 g/mol. The maximum atomic E-state index is 11.7. The SMILES string of the molecule is NCc1cccc(OCC(=O)Nc2ccc(Br)cn2)c1. The number of halogens is 1. The van der Waals surface area contributed by atoms with E-state index in [2.05, 4.69) is 26.2 Å². The standard InChI is InChI=1S/C14H14BrN3O2/c15-11-4-5-13(17-8-11)18-14(19)9-20-12-3-1-2-10(6-12)7-16/h1-6,8H,7,9,16H2,(H,17,18,19). The summed E-state index contributed by atoms with van der Waals surface area (Å²) in [6.07, 6.45) is 1.61. The molecule has 1 aromatic heterocycles. The van der Waals surface area contributed by atoms with Gasteiger partial charge in [-0.05, 0) is 45.8 Å². The second-order valence-corrected chi connectivity index (χ2v) is 4.97. The van der Waals surface area contributed by atoms with Gasteiger partial charge >= 0.3 is 0 Å². The molecule has 0 radical (unpaired) electrons. The Morgan fingerprint density at radius 2 is 2.20 bits per heavy atom. The lowest BCUT2D eigenvalue weighted by Gasteiger charge is -2.08. The zero-order chi connectivity index (χ0) is 14.4. The van der Waals surface area contributed by atoms with Gasteiger partial charge in [-0.25, -0.2) is 4.98 Å². The van der Waals surface area contributed by atoms with Gasteiger partial charge in [-0.2, -0.15) is 0 Å². The first kappa shape index (κ1) is 14.5. The number of hydrogen-bond donors (Lipinski definition) is 2. The zero-order valence-electron chi connectivity index (χ0n) is 10.7. The van der Waals surface area contributed by atoms with Crippen molar-refractivity contribution < 1.29 is 9.53 Å². The van der Waals surface area contributed by atoms with Gasteiger partial charge in [0.25, 0.3) is 5.91 Å². The highest BCUT2D eigenvalue weighted by molar-refractivity contribution is 9.10.